The number of likely N-dealkylation sites (tertiary alicyclic amines) is 1. The number of ether oxygens (including phenoxy) is 1. The summed E-state index contributed by atoms with van der Waals surface area (Å²) in [4.78, 5) is 7.78. The summed E-state index contributed by atoms with van der Waals surface area (Å²) in [6.07, 6.45) is 2.11. The zero-order valence-electron chi connectivity index (χ0n) is 22.8. The van der Waals surface area contributed by atoms with Gasteiger partial charge in [0.15, 0.2) is 0 Å². The Morgan fingerprint density at radius 1 is 1.18 bits per heavy atom. The number of fused-ring (bicyclic) bond motifs is 3. The first kappa shape index (κ1) is 27.8. The lowest BCUT2D eigenvalue weighted by Crippen LogP contribution is -2.47. The summed E-state index contributed by atoms with van der Waals surface area (Å²) >= 11 is 0. The molecule has 212 valence electrons. The lowest BCUT2D eigenvalue weighted by molar-refractivity contribution is -0.0514. The molecule has 2 aliphatic heterocycles. The third kappa shape index (κ3) is 6.19. The number of alkyl halides is 4. The Morgan fingerprint density at radius 3 is 2.72 bits per heavy atom. The zero-order valence-corrected chi connectivity index (χ0v) is 22.8. The van der Waals surface area contributed by atoms with E-state index in [4.69, 9.17) is 4.74 Å². The molecule has 3 unspecified atom stereocenters. The number of H-pyrrole nitrogens is 1. The topological polar surface area (TPSA) is 43.5 Å². The van der Waals surface area contributed by atoms with Crippen molar-refractivity contribution in [2.75, 3.05) is 38.2 Å². The fourth-order valence-corrected chi connectivity index (χ4v) is 6.24. The van der Waals surface area contributed by atoms with Gasteiger partial charge < -0.3 is 19.9 Å². The number of anilines is 1. The van der Waals surface area contributed by atoms with Crippen molar-refractivity contribution < 1.29 is 22.3 Å². The Bertz CT molecular complexity index is 1270. The second-order valence-electron chi connectivity index (χ2n) is 11.5. The molecule has 0 radical (unpaired) electrons. The summed E-state index contributed by atoms with van der Waals surface area (Å²) < 4.78 is 60.2. The maximum atomic E-state index is 15.1. The molecule has 5 rings (SSSR count). The minimum Gasteiger partial charge on any atom is -0.434 e. The van der Waals surface area contributed by atoms with Gasteiger partial charge in [0.1, 0.15) is 11.4 Å². The van der Waals surface area contributed by atoms with Gasteiger partial charge >= 0.3 is 6.61 Å². The first-order chi connectivity index (χ1) is 18.6. The van der Waals surface area contributed by atoms with Gasteiger partial charge in [-0.25, -0.2) is 4.39 Å². The Kier molecular flexibility index (Phi) is 8.10. The van der Waals surface area contributed by atoms with E-state index in [1.165, 1.54) is 0 Å². The number of aromatic amines is 1. The van der Waals surface area contributed by atoms with Crippen molar-refractivity contribution in [1.29, 1.82) is 0 Å². The number of hydrogen-bond acceptors (Lipinski definition) is 4. The maximum Gasteiger partial charge on any atom is 0.387 e. The van der Waals surface area contributed by atoms with Crippen molar-refractivity contribution >= 4 is 16.6 Å². The number of rotatable bonds is 10. The lowest BCUT2D eigenvalue weighted by atomic mass is 9.87. The standard InChI is InChI=1S/C30H38F4N4O/c1-19-15-24-22-7-4-5-8-25(22)36-27(24)28(38(19)18-30(2,3)34)23-10-9-20(16-26(23)39-29(32)33)35-21-11-14-37(17-21)13-6-12-31/h4-5,7-10,16,19,21,28-29,35-36H,6,11-15,17-18H2,1-3H3. The predicted molar refractivity (Wildman–Crippen MR) is 147 cm³/mol. The normalized spacial score (nSPS) is 22.5. The van der Waals surface area contributed by atoms with Crippen LogP contribution in [-0.2, 0) is 6.42 Å². The van der Waals surface area contributed by atoms with Crippen LogP contribution < -0.4 is 10.1 Å². The van der Waals surface area contributed by atoms with Gasteiger partial charge in [0.2, 0.25) is 0 Å². The predicted octanol–water partition coefficient (Wildman–Crippen LogP) is 6.70. The van der Waals surface area contributed by atoms with Gasteiger partial charge in [0.05, 0.1) is 12.7 Å². The molecule has 0 aliphatic carbocycles. The molecule has 0 amide bonds. The zero-order chi connectivity index (χ0) is 27.7. The molecule has 2 aliphatic rings. The van der Waals surface area contributed by atoms with Crippen molar-refractivity contribution in [3.63, 3.8) is 0 Å². The third-order valence-corrected chi connectivity index (χ3v) is 7.85. The number of nitrogens with zero attached hydrogens (tertiary/aromatic N) is 2. The van der Waals surface area contributed by atoms with E-state index >= 15 is 4.39 Å². The van der Waals surface area contributed by atoms with E-state index < -0.39 is 18.3 Å². The van der Waals surface area contributed by atoms with E-state index in [9.17, 15) is 13.2 Å². The van der Waals surface area contributed by atoms with Gasteiger partial charge in [-0.15, -0.1) is 0 Å². The Hall–Kier alpha value is -2.78. The summed E-state index contributed by atoms with van der Waals surface area (Å²) in [7, 11) is 0. The van der Waals surface area contributed by atoms with Crippen LogP contribution in [0, 0.1) is 0 Å². The monoisotopic (exact) mass is 546 g/mol. The molecule has 0 saturated carbocycles. The molecule has 2 aromatic carbocycles. The van der Waals surface area contributed by atoms with Gasteiger partial charge in [-0.2, -0.15) is 8.78 Å². The average Bonchev–Trinajstić information content (AvgIpc) is 3.47. The van der Waals surface area contributed by atoms with Crippen LogP contribution in [0.5, 0.6) is 5.75 Å². The smallest absolute Gasteiger partial charge is 0.387 e. The van der Waals surface area contributed by atoms with E-state index in [2.05, 4.69) is 33.1 Å². The molecule has 0 bridgehead atoms. The first-order valence-corrected chi connectivity index (χ1v) is 13.8. The van der Waals surface area contributed by atoms with Gasteiger partial charge in [-0.3, -0.25) is 9.29 Å². The third-order valence-electron chi connectivity index (χ3n) is 7.85. The molecule has 5 nitrogen and oxygen atoms in total. The Morgan fingerprint density at radius 2 is 1.97 bits per heavy atom. The number of nitrogens with one attached hydrogen (secondary N) is 2. The van der Waals surface area contributed by atoms with Crippen LogP contribution in [0.2, 0.25) is 0 Å². The van der Waals surface area contributed by atoms with Crippen LogP contribution in [-0.4, -0.2) is 72.0 Å². The summed E-state index contributed by atoms with van der Waals surface area (Å²) in [6, 6.07) is 13.0. The van der Waals surface area contributed by atoms with Crippen molar-refractivity contribution in [3.05, 3.63) is 59.3 Å². The van der Waals surface area contributed by atoms with Crippen LogP contribution >= 0.6 is 0 Å². The Balaban J connectivity index is 1.53. The van der Waals surface area contributed by atoms with E-state index in [0.717, 1.165) is 48.1 Å². The number of para-hydroxylation sites is 1. The molecule has 1 saturated heterocycles. The van der Waals surface area contributed by atoms with E-state index in [1.54, 1.807) is 19.9 Å². The molecule has 3 atom stereocenters. The van der Waals surface area contributed by atoms with Crippen molar-refractivity contribution in [2.45, 2.75) is 70.4 Å². The number of hydrogen-bond donors (Lipinski definition) is 2. The van der Waals surface area contributed by atoms with E-state index in [-0.39, 0.29) is 31.1 Å². The molecule has 3 aromatic rings. The first-order valence-electron chi connectivity index (χ1n) is 13.8. The highest BCUT2D eigenvalue weighted by molar-refractivity contribution is 5.85. The summed E-state index contributed by atoms with van der Waals surface area (Å²) in [5.41, 5.74) is 2.75. The van der Waals surface area contributed by atoms with Gasteiger partial charge in [-0.1, -0.05) is 24.3 Å². The molecule has 0 spiro atoms. The number of benzene rings is 2. The summed E-state index contributed by atoms with van der Waals surface area (Å²) in [5.74, 6) is 0.0765. The highest BCUT2D eigenvalue weighted by atomic mass is 19.3. The molecule has 2 N–H and O–H groups in total. The van der Waals surface area contributed by atoms with Gasteiger partial charge in [0, 0.05) is 72.2 Å². The van der Waals surface area contributed by atoms with Gasteiger partial charge in [0.25, 0.3) is 0 Å². The molecular weight excluding hydrogens is 508 g/mol. The van der Waals surface area contributed by atoms with E-state index in [0.29, 0.717) is 24.2 Å². The molecule has 39 heavy (non-hydrogen) atoms. The van der Waals surface area contributed by atoms with Crippen LogP contribution in [0.1, 0.15) is 56.5 Å². The quantitative estimate of drug-likeness (QED) is 0.278. The van der Waals surface area contributed by atoms with Gasteiger partial charge in [-0.05, 0) is 57.7 Å². The SMILES string of the molecule is CC1Cc2c([nH]c3ccccc23)C(c2ccc(NC3CCN(CCCF)C3)cc2OC(F)F)N1CC(C)(C)F. The summed E-state index contributed by atoms with van der Waals surface area (Å²) in [6.45, 7) is 4.29. The summed E-state index contributed by atoms with van der Waals surface area (Å²) in [5, 5.41) is 4.54. The number of aromatic nitrogens is 1. The highest BCUT2D eigenvalue weighted by Crippen LogP contribution is 2.45. The Labute approximate surface area is 227 Å². The van der Waals surface area contributed by atoms with E-state index in [1.807, 2.05) is 30.3 Å². The van der Waals surface area contributed by atoms with Crippen LogP contribution in [0.4, 0.5) is 23.2 Å². The maximum absolute atomic E-state index is 15.1. The molecule has 9 heteroatoms. The molecule has 1 fully saturated rings. The van der Waals surface area contributed by atoms with Crippen LogP contribution in [0.3, 0.4) is 0 Å². The fourth-order valence-electron chi connectivity index (χ4n) is 6.24. The highest BCUT2D eigenvalue weighted by Gasteiger charge is 2.40. The van der Waals surface area contributed by atoms with Crippen molar-refractivity contribution in [2.24, 2.45) is 0 Å². The fraction of sp³-hybridized carbons (Fsp3) is 0.533. The van der Waals surface area contributed by atoms with Crippen molar-refractivity contribution in [1.82, 2.24) is 14.8 Å². The molecule has 3 heterocycles. The average molecular weight is 547 g/mol. The minimum absolute atomic E-state index is 0.0253. The number of halogens is 4. The molecule has 1 aromatic heterocycles. The van der Waals surface area contributed by atoms with Crippen molar-refractivity contribution in [3.8, 4) is 5.75 Å². The molecular formula is C30H38F4N4O. The largest absolute Gasteiger partial charge is 0.434 e. The minimum atomic E-state index is -3.00. The second kappa shape index (κ2) is 11.4. The van der Waals surface area contributed by atoms with Crippen LogP contribution in [0.15, 0.2) is 42.5 Å². The second-order valence-corrected chi connectivity index (χ2v) is 11.5. The van der Waals surface area contributed by atoms with Crippen LogP contribution in [0.25, 0.3) is 10.9 Å². The lowest BCUT2D eigenvalue weighted by Gasteiger charge is -2.43.